The van der Waals surface area contributed by atoms with Gasteiger partial charge in [0, 0.05) is 17.7 Å². The number of carbonyl (C=O) groups is 2. The van der Waals surface area contributed by atoms with Crippen LogP contribution in [-0.4, -0.2) is 18.5 Å². The van der Waals surface area contributed by atoms with Crippen molar-refractivity contribution >= 4 is 23.6 Å². The van der Waals surface area contributed by atoms with Crippen LogP contribution in [0.25, 0.3) is 6.08 Å². The monoisotopic (exact) mass is 364 g/mol. The molecule has 1 aliphatic rings. The van der Waals surface area contributed by atoms with Gasteiger partial charge < -0.3 is 14.5 Å². The zero-order valence-corrected chi connectivity index (χ0v) is 15.2. The van der Waals surface area contributed by atoms with Crippen molar-refractivity contribution in [2.75, 3.05) is 11.9 Å². The fraction of sp³-hybridized carbons (Fsp3) is 0.286. The highest BCUT2D eigenvalue weighted by atomic mass is 16.5. The van der Waals surface area contributed by atoms with Crippen molar-refractivity contribution in [2.24, 2.45) is 5.92 Å². The molecule has 0 unspecified atom stereocenters. The third kappa shape index (κ3) is 4.45. The van der Waals surface area contributed by atoms with E-state index >= 15 is 0 Å². The summed E-state index contributed by atoms with van der Waals surface area (Å²) >= 11 is 0. The van der Waals surface area contributed by atoms with E-state index in [9.17, 15) is 14.9 Å². The van der Waals surface area contributed by atoms with Crippen LogP contribution in [0.2, 0.25) is 0 Å². The molecule has 1 fully saturated rings. The van der Waals surface area contributed by atoms with E-state index in [2.05, 4.69) is 12.2 Å². The van der Waals surface area contributed by atoms with Crippen molar-refractivity contribution < 1.29 is 18.7 Å². The number of nitriles is 1. The number of esters is 1. The molecule has 138 valence electrons. The predicted octanol–water partition coefficient (Wildman–Crippen LogP) is 4.13. The highest BCUT2D eigenvalue weighted by Gasteiger charge is 2.36. The van der Waals surface area contributed by atoms with E-state index < -0.39 is 11.9 Å². The molecule has 1 heterocycles. The second-order valence-electron chi connectivity index (χ2n) is 6.48. The van der Waals surface area contributed by atoms with E-state index in [-0.39, 0.29) is 5.57 Å². The topological polar surface area (TPSA) is 92.3 Å². The van der Waals surface area contributed by atoms with Crippen LogP contribution < -0.4 is 5.32 Å². The molecular formula is C21H20N2O4. The number of nitrogens with zero attached hydrogens (tertiary/aromatic N) is 1. The molecule has 2 atom stereocenters. The summed E-state index contributed by atoms with van der Waals surface area (Å²) in [5.41, 5.74) is 0.804. The van der Waals surface area contributed by atoms with E-state index in [1.165, 1.54) is 6.08 Å². The molecule has 1 aromatic carbocycles. The Morgan fingerprint density at radius 3 is 2.59 bits per heavy atom. The quantitative estimate of drug-likeness (QED) is 0.473. The van der Waals surface area contributed by atoms with Crippen molar-refractivity contribution in [1.29, 1.82) is 5.26 Å². The van der Waals surface area contributed by atoms with Crippen LogP contribution in [0.4, 0.5) is 5.69 Å². The number of anilines is 1. The Kier molecular flexibility index (Phi) is 5.41. The van der Waals surface area contributed by atoms with Gasteiger partial charge in [-0.3, -0.25) is 4.79 Å². The molecule has 1 saturated carbocycles. The standard InChI is InChI=1S/C21H20N2O4/c1-3-26-21(25)14-4-6-16(7-5-14)23-20(24)15(12-22)11-17-8-9-19(27-17)18-10-13(18)2/h4-9,11,13,18H,3,10H2,1-2H3,(H,23,24)/b15-11+/t13-,18-/m1/s1. The lowest BCUT2D eigenvalue weighted by Crippen LogP contribution is -2.13. The van der Waals surface area contributed by atoms with Crippen LogP contribution in [0, 0.1) is 17.2 Å². The van der Waals surface area contributed by atoms with Crippen molar-refractivity contribution in [1.82, 2.24) is 0 Å². The number of ether oxygens (including phenoxy) is 1. The van der Waals surface area contributed by atoms with Crippen LogP contribution in [0.3, 0.4) is 0 Å². The summed E-state index contributed by atoms with van der Waals surface area (Å²) in [6, 6.07) is 11.8. The minimum atomic E-state index is -0.542. The number of hydrogen-bond donors (Lipinski definition) is 1. The Labute approximate surface area is 157 Å². The van der Waals surface area contributed by atoms with Gasteiger partial charge in [0.25, 0.3) is 5.91 Å². The molecule has 0 spiro atoms. The Bertz CT molecular complexity index is 918. The molecule has 1 amide bonds. The highest BCUT2D eigenvalue weighted by Crippen LogP contribution is 2.47. The molecule has 0 aliphatic heterocycles. The first-order chi connectivity index (χ1) is 13.0. The second-order valence-corrected chi connectivity index (χ2v) is 6.48. The number of amides is 1. The average molecular weight is 364 g/mol. The number of carbonyl (C=O) groups excluding carboxylic acids is 2. The predicted molar refractivity (Wildman–Crippen MR) is 99.8 cm³/mol. The third-order valence-corrected chi connectivity index (χ3v) is 4.43. The Morgan fingerprint density at radius 1 is 1.30 bits per heavy atom. The van der Waals surface area contributed by atoms with Gasteiger partial charge in [0.2, 0.25) is 0 Å². The van der Waals surface area contributed by atoms with E-state index in [0.29, 0.717) is 35.5 Å². The maximum atomic E-state index is 12.3. The van der Waals surface area contributed by atoms with Crippen molar-refractivity contribution in [3.8, 4) is 6.07 Å². The summed E-state index contributed by atoms with van der Waals surface area (Å²) in [4.78, 5) is 24.0. The van der Waals surface area contributed by atoms with Gasteiger partial charge >= 0.3 is 5.97 Å². The smallest absolute Gasteiger partial charge is 0.338 e. The van der Waals surface area contributed by atoms with Gasteiger partial charge in [0.15, 0.2) is 0 Å². The van der Waals surface area contributed by atoms with E-state index in [1.807, 2.05) is 12.1 Å². The van der Waals surface area contributed by atoms with Crippen LogP contribution in [0.5, 0.6) is 0 Å². The first-order valence-corrected chi connectivity index (χ1v) is 8.82. The summed E-state index contributed by atoms with van der Waals surface area (Å²) in [5, 5.41) is 11.9. The molecular weight excluding hydrogens is 344 g/mol. The Balaban J connectivity index is 1.67. The van der Waals surface area contributed by atoms with Gasteiger partial charge in [-0.2, -0.15) is 5.26 Å². The average Bonchev–Trinajstić information content (AvgIpc) is 3.21. The summed E-state index contributed by atoms with van der Waals surface area (Å²) in [6.45, 7) is 4.18. The van der Waals surface area contributed by atoms with Crippen molar-refractivity contribution in [3.05, 3.63) is 59.1 Å². The van der Waals surface area contributed by atoms with Gasteiger partial charge in [-0.15, -0.1) is 0 Å². The Hall–Kier alpha value is -3.33. The van der Waals surface area contributed by atoms with Gasteiger partial charge in [-0.05, 0) is 55.7 Å². The van der Waals surface area contributed by atoms with Crippen molar-refractivity contribution in [2.45, 2.75) is 26.2 Å². The molecule has 6 heteroatoms. The van der Waals surface area contributed by atoms with E-state index in [1.54, 1.807) is 37.3 Å². The minimum Gasteiger partial charge on any atom is -0.462 e. The molecule has 1 N–H and O–H groups in total. The molecule has 6 nitrogen and oxygen atoms in total. The Morgan fingerprint density at radius 2 is 2.00 bits per heavy atom. The molecule has 1 aliphatic carbocycles. The van der Waals surface area contributed by atoms with Gasteiger partial charge in [0.1, 0.15) is 23.2 Å². The van der Waals surface area contributed by atoms with Gasteiger partial charge in [-0.25, -0.2) is 4.79 Å². The zero-order chi connectivity index (χ0) is 19.4. The molecule has 2 aromatic rings. The number of benzene rings is 1. The summed E-state index contributed by atoms with van der Waals surface area (Å²) in [7, 11) is 0. The van der Waals surface area contributed by atoms with Crippen molar-refractivity contribution in [3.63, 3.8) is 0 Å². The SMILES string of the molecule is CCOC(=O)c1ccc(NC(=O)/C(C#N)=C/c2ccc([C@@H]3C[C@H]3C)o2)cc1. The van der Waals surface area contributed by atoms with Gasteiger partial charge in [0.05, 0.1) is 12.2 Å². The number of hydrogen-bond acceptors (Lipinski definition) is 5. The van der Waals surface area contributed by atoms with Gasteiger partial charge in [-0.1, -0.05) is 6.92 Å². The summed E-state index contributed by atoms with van der Waals surface area (Å²) < 4.78 is 10.6. The second kappa shape index (κ2) is 7.92. The number of rotatable bonds is 6. The maximum Gasteiger partial charge on any atom is 0.338 e. The first-order valence-electron chi connectivity index (χ1n) is 8.82. The molecule has 3 rings (SSSR count). The minimum absolute atomic E-state index is 0.0609. The summed E-state index contributed by atoms with van der Waals surface area (Å²) in [6.07, 6.45) is 2.53. The van der Waals surface area contributed by atoms with E-state index in [0.717, 1.165) is 12.2 Å². The maximum absolute atomic E-state index is 12.3. The first kappa shape index (κ1) is 18.5. The number of furan rings is 1. The highest BCUT2D eigenvalue weighted by molar-refractivity contribution is 6.09. The molecule has 27 heavy (non-hydrogen) atoms. The van der Waals surface area contributed by atoms with Crippen LogP contribution in [0.1, 0.15) is 48.1 Å². The van der Waals surface area contributed by atoms with Crippen LogP contribution >= 0.6 is 0 Å². The lowest BCUT2D eigenvalue weighted by molar-refractivity contribution is -0.112. The fourth-order valence-corrected chi connectivity index (χ4v) is 2.76. The third-order valence-electron chi connectivity index (χ3n) is 4.43. The molecule has 0 bridgehead atoms. The lowest BCUT2D eigenvalue weighted by atomic mass is 10.2. The zero-order valence-electron chi connectivity index (χ0n) is 15.2. The molecule has 0 saturated heterocycles. The van der Waals surface area contributed by atoms with E-state index in [4.69, 9.17) is 9.15 Å². The van der Waals surface area contributed by atoms with Crippen LogP contribution in [-0.2, 0) is 9.53 Å². The molecule has 1 aromatic heterocycles. The largest absolute Gasteiger partial charge is 0.462 e. The summed E-state index contributed by atoms with van der Waals surface area (Å²) in [5.74, 6) is 1.45. The van der Waals surface area contributed by atoms with Crippen LogP contribution in [0.15, 0.2) is 46.4 Å². The lowest BCUT2D eigenvalue weighted by Gasteiger charge is -2.06. The normalized spacial score (nSPS) is 18.5. The number of nitrogens with one attached hydrogen (secondary N) is 1. The molecule has 0 radical (unpaired) electrons. The fourth-order valence-electron chi connectivity index (χ4n) is 2.76.